The number of rotatable bonds is 4. The van der Waals surface area contributed by atoms with E-state index in [4.69, 9.17) is 11.6 Å². The van der Waals surface area contributed by atoms with Crippen LogP contribution in [0.4, 0.5) is 0 Å². The van der Waals surface area contributed by atoms with E-state index in [0.29, 0.717) is 25.3 Å². The van der Waals surface area contributed by atoms with Gasteiger partial charge in [0.25, 0.3) is 5.56 Å². The Labute approximate surface area is 104 Å². The molecule has 2 aromatic rings. The molecule has 6 heteroatoms. The monoisotopic (exact) mass is 252 g/mol. The predicted octanol–water partition coefficient (Wildman–Crippen LogP) is 1.36. The summed E-state index contributed by atoms with van der Waals surface area (Å²) in [6.45, 7) is 3.21. The molecule has 0 saturated heterocycles. The highest BCUT2D eigenvalue weighted by Gasteiger charge is 2.05. The molecule has 0 saturated carbocycles. The molecule has 0 aromatic carbocycles. The standard InChI is InChI=1S/C11H13ClN4O/c1-2-10-14-9(12)7-11(17)16(10)6-5-15-4-3-13-8-15/h3-4,7-8H,2,5-6H2,1H3. The third-order valence-electron chi connectivity index (χ3n) is 2.51. The van der Waals surface area contributed by atoms with Crippen molar-refractivity contribution in [3.05, 3.63) is 46.1 Å². The first-order valence-corrected chi connectivity index (χ1v) is 5.80. The van der Waals surface area contributed by atoms with Gasteiger partial charge >= 0.3 is 0 Å². The van der Waals surface area contributed by atoms with Crippen molar-refractivity contribution >= 4 is 11.6 Å². The first kappa shape index (κ1) is 11.9. The maximum atomic E-state index is 11.8. The average Bonchev–Trinajstić information content (AvgIpc) is 2.79. The summed E-state index contributed by atoms with van der Waals surface area (Å²) in [5.41, 5.74) is -0.109. The summed E-state index contributed by atoms with van der Waals surface area (Å²) < 4.78 is 3.56. The van der Waals surface area contributed by atoms with Gasteiger partial charge in [-0.25, -0.2) is 9.97 Å². The topological polar surface area (TPSA) is 52.7 Å². The molecule has 0 unspecified atom stereocenters. The van der Waals surface area contributed by atoms with Gasteiger partial charge in [0.2, 0.25) is 0 Å². The lowest BCUT2D eigenvalue weighted by molar-refractivity contribution is 0.536. The van der Waals surface area contributed by atoms with E-state index in [1.165, 1.54) is 6.07 Å². The lowest BCUT2D eigenvalue weighted by Crippen LogP contribution is -2.26. The van der Waals surface area contributed by atoms with Gasteiger partial charge in [-0.15, -0.1) is 0 Å². The second kappa shape index (κ2) is 5.14. The van der Waals surface area contributed by atoms with E-state index in [2.05, 4.69) is 9.97 Å². The summed E-state index contributed by atoms with van der Waals surface area (Å²) in [6.07, 6.45) is 5.98. The maximum Gasteiger partial charge on any atom is 0.255 e. The van der Waals surface area contributed by atoms with Crippen LogP contribution in [-0.4, -0.2) is 19.1 Å². The molecule has 0 spiro atoms. The summed E-state index contributed by atoms with van der Waals surface area (Å²) in [5, 5.41) is 0.255. The normalized spacial score (nSPS) is 10.7. The second-order valence-electron chi connectivity index (χ2n) is 3.64. The van der Waals surface area contributed by atoms with Crippen molar-refractivity contribution in [1.29, 1.82) is 0 Å². The molecule has 0 aliphatic carbocycles. The van der Waals surface area contributed by atoms with Crippen LogP contribution in [0.2, 0.25) is 5.15 Å². The first-order valence-electron chi connectivity index (χ1n) is 5.42. The summed E-state index contributed by atoms with van der Waals surface area (Å²) >= 11 is 5.76. The fourth-order valence-electron chi connectivity index (χ4n) is 1.67. The molecule has 2 rings (SSSR count). The van der Waals surface area contributed by atoms with Gasteiger partial charge in [-0.05, 0) is 0 Å². The van der Waals surface area contributed by atoms with Gasteiger partial charge in [0.1, 0.15) is 11.0 Å². The minimum atomic E-state index is -0.109. The van der Waals surface area contributed by atoms with Crippen molar-refractivity contribution < 1.29 is 0 Å². The molecule has 0 amide bonds. The van der Waals surface area contributed by atoms with E-state index >= 15 is 0 Å². The summed E-state index contributed by atoms with van der Waals surface area (Å²) in [6, 6.07) is 1.34. The summed E-state index contributed by atoms with van der Waals surface area (Å²) in [4.78, 5) is 19.9. The number of imidazole rings is 1. The third kappa shape index (κ3) is 2.74. The van der Waals surface area contributed by atoms with Gasteiger partial charge in [-0.3, -0.25) is 9.36 Å². The van der Waals surface area contributed by atoms with Gasteiger partial charge in [0.15, 0.2) is 0 Å². The number of nitrogens with zero attached hydrogens (tertiary/aromatic N) is 4. The van der Waals surface area contributed by atoms with Crippen LogP contribution in [0.5, 0.6) is 0 Å². The fraction of sp³-hybridized carbons (Fsp3) is 0.364. The molecule has 90 valence electrons. The molecular weight excluding hydrogens is 240 g/mol. The molecule has 0 radical (unpaired) electrons. The lowest BCUT2D eigenvalue weighted by atomic mass is 10.4. The Morgan fingerprint density at radius 2 is 2.24 bits per heavy atom. The largest absolute Gasteiger partial charge is 0.336 e. The number of hydrogen-bond donors (Lipinski definition) is 0. The van der Waals surface area contributed by atoms with Crippen LogP contribution in [-0.2, 0) is 19.5 Å². The van der Waals surface area contributed by atoms with Gasteiger partial charge in [0.05, 0.1) is 6.33 Å². The van der Waals surface area contributed by atoms with Crippen molar-refractivity contribution in [2.75, 3.05) is 0 Å². The Morgan fingerprint density at radius 1 is 1.41 bits per heavy atom. The molecule has 0 fully saturated rings. The van der Waals surface area contributed by atoms with Crippen molar-refractivity contribution in [3.8, 4) is 0 Å². The van der Waals surface area contributed by atoms with Gasteiger partial charge in [0, 0.05) is 38.0 Å². The predicted molar refractivity (Wildman–Crippen MR) is 65.1 cm³/mol. The first-order chi connectivity index (χ1) is 8.20. The molecule has 0 N–H and O–H groups in total. The van der Waals surface area contributed by atoms with Crippen molar-refractivity contribution in [2.45, 2.75) is 26.4 Å². The van der Waals surface area contributed by atoms with Crippen LogP contribution in [0.1, 0.15) is 12.7 Å². The Bertz CT molecular complexity index is 547. The zero-order valence-corrected chi connectivity index (χ0v) is 10.3. The third-order valence-corrected chi connectivity index (χ3v) is 2.71. The fourth-order valence-corrected chi connectivity index (χ4v) is 1.86. The Kier molecular flexibility index (Phi) is 3.58. The SMILES string of the molecule is CCc1nc(Cl)cc(=O)n1CCn1ccnc1. The summed E-state index contributed by atoms with van der Waals surface area (Å²) in [5.74, 6) is 0.711. The molecule has 2 aromatic heterocycles. The lowest BCUT2D eigenvalue weighted by Gasteiger charge is -2.10. The Balaban J connectivity index is 2.23. The van der Waals surface area contributed by atoms with Gasteiger partial charge in [-0.1, -0.05) is 18.5 Å². The zero-order chi connectivity index (χ0) is 12.3. The van der Waals surface area contributed by atoms with E-state index in [0.717, 1.165) is 0 Å². The van der Waals surface area contributed by atoms with Crippen molar-refractivity contribution in [2.24, 2.45) is 0 Å². The minimum Gasteiger partial charge on any atom is -0.336 e. The second-order valence-corrected chi connectivity index (χ2v) is 4.03. The highest BCUT2D eigenvalue weighted by atomic mass is 35.5. The van der Waals surface area contributed by atoms with Crippen molar-refractivity contribution in [3.63, 3.8) is 0 Å². The molecule has 2 heterocycles. The summed E-state index contributed by atoms with van der Waals surface area (Å²) in [7, 11) is 0. The number of halogens is 1. The van der Waals surface area contributed by atoms with E-state index in [9.17, 15) is 4.79 Å². The number of aryl methyl sites for hydroxylation is 2. The smallest absolute Gasteiger partial charge is 0.255 e. The van der Waals surface area contributed by atoms with Crippen LogP contribution in [0.25, 0.3) is 0 Å². The maximum absolute atomic E-state index is 11.8. The van der Waals surface area contributed by atoms with Crippen LogP contribution < -0.4 is 5.56 Å². The highest BCUT2D eigenvalue weighted by Crippen LogP contribution is 2.03. The van der Waals surface area contributed by atoms with Gasteiger partial charge < -0.3 is 4.57 Å². The Hall–Kier alpha value is -1.62. The molecular formula is C11H13ClN4O. The molecule has 0 bridgehead atoms. The molecule has 0 atom stereocenters. The number of aromatic nitrogens is 4. The molecule has 0 aliphatic rings. The highest BCUT2D eigenvalue weighted by molar-refractivity contribution is 6.29. The van der Waals surface area contributed by atoms with E-state index in [1.54, 1.807) is 17.1 Å². The molecule has 5 nitrogen and oxygen atoms in total. The van der Waals surface area contributed by atoms with Crippen LogP contribution in [0, 0.1) is 0 Å². The molecule has 17 heavy (non-hydrogen) atoms. The zero-order valence-electron chi connectivity index (χ0n) is 9.51. The van der Waals surface area contributed by atoms with E-state index in [-0.39, 0.29) is 10.7 Å². The van der Waals surface area contributed by atoms with Crippen LogP contribution in [0.3, 0.4) is 0 Å². The van der Waals surface area contributed by atoms with Crippen LogP contribution >= 0.6 is 11.6 Å². The minimum absolute atomic E-state index is 0.109. The van der Waals surface area contributed by atoms with E-state index < -0.39 is 0 Å². The van der Waals surface area contributed by atoms with E-state index in [1.807, 2.05) is 17.7 Å². The van der Waals surface area contributed by atoms with Crippen LogP contribution in [0.15, 0.2) is 29.6 Å². The number of hydrogen-bond acceptors (Lipinski definition) is 3. The van der Waals surface area contributed by atoms with Crippen molar-refractivity contribution in [1.82, 2.24) is 19.1 Å². The van der Waals surface area contributed by atoms with Gasteiger partial charge in [-0.2, -0.15) is 0 Å². The quantitative estimate of drug-likeness (QED) is 0.772. The average molecular weight is 253 g/mol. The Morgan fingerprint density at radius 3 is 2.88 bits per heavy atom. The molecule has 0 aliphatic heterocycles.